The second-order valence-corrected chi connectivity index (χ2v) is 3.89. The van der Waals surface area contributed by atoms with Gasteiger partial charge in [0.1, 0.15) is 17.6 Å². The topological polar surface area (TPSA) is 69.6 Å². The van der Waals surface area contributed by atoms with E-state index in [9.17, 15) is 0 Å². The van der Waals surface area contributed by atoms with E-state index in [4.69, 9.17) is 18.0 Å². The van der Waals surface area contributed by atoms with E-state index in [-0.39, 0.29) is 0 Å². The van der Waals surface area contributed by atoms with Crippen molar-refractivity contribution in [3.05, 3.63) is 35.7 Å². The number of nitrogens with zero attached hydrogens (tertiary/aromatic N) is 4. The molecule has 2 rings (SSSR count). The zero-order valence-electron chi connectivity index (χ0n) is 9.01. The van der Waals surface area contributed by atoms with E-state index in [0.29, 0.717) is 4.99 Å². The maximum absolute atomic E-state index is 5.70. The molecule has 0 spiro atoms. The Bertz CT molecular complexity index is 532. The van der Waals surface area contributed by atoms with E-state index >= 15 is 0 Å². The van der Waals surface area contributed by atoms with E-state index in [1.807, 2.05) is 19.9 Å². The third-order valence-corrected chi connectivity index (χ3v) is 2.42. The van der Waals surface area contributed by atoms with Gasteiger partial charge in [-0.1, -0.05) is 12.2 Å². The van der Waals surface area contributed by atoms with Gasteiger partial charge in [0, 0.05) is 11.4 Å². The molecule has 0 aliphatic carbocycles. The summed E-state index contributed by atoms with van der Waals surface area (Å²) in [5.41, 5.74) is 8.95. The quantitative estimate of drug-likeness (QED) is 0.781. The smallest absolute Gasteiger partial charge is 0.138 e. The molecule has 2 aromatic heterocycles. The lowest BCUT2D eigenvalue weighted by molar-refractivity contribution is 0.867. The van der Waals surface area contributed by atoms with Crippen molar-refractivity contribution in [2.75, 3.05) is 0 Å². The van der Waals surface area contributed by atoms with E-state index in [1.54, 1.807) is 11.0 Å². The lowest BCUT2D eigenvalue weighted by Crippen LogP contribution is -2.17. The number of nitrogens with two attached hydrogens (primary N) is 1. The number of thiocarbonyl (C=S) groups is 1. The fraction of sp³-hybridized carbons (Fsp3) is 0.200. The van der Waals surface area contributed by atoms with Gasteiger partial charge < -0.3 is 5.73 Å². The van der Waals surface area contributed by atoms with Crippen molar-refractivity contribution in [2.24, 2.45) is 5.73 Å². The molecule has 6 heteroatoms. The van der Waals surface area contributed by atoms with Crippen LogP contribution in [-0.2, 0) is 0 Å². The molecule has 0 aliphatic heterocycles. The Hall–Kier alpha value is -1.82. The standard InChI is InChI=1S/C10H11N5S/c1-6-3-8(15-5-12-4-13-15)9(10(11)16)7(2)14-6/h3-5H,1-2H3,(H2,11,16). The summed E-state index contributed by atoms with van der Waals surface area (Å²) in [6, 6.07) is 1.89. The van der Waals surface area contributed by atoms with E-state index in [2.05, 4.69) is 15.1 Å². The maximum Gasteiger partial charge on any atom is 0.138 e. The summed E-state index contributed by atoms with van der Waals surface area (Å²) in [6.07, 6.45) is 3.07. The summed E-state index contributed by atoms with van der Waals surface area (Å²) < 4.78 is 1.64. The van der Waals surface area contributed by atoms with Crippen LogP contribution in [0.2, 0.25) is 0 Å². The van der Waals surface area contributed by atoms with Crippen LogP contribution >= 0.6 is 12.2 Å². The highest BCUT2D eigenvalue weighted by atomic mass is 32.1. The number of aryl methyl sites for hydroxylation is 2. The molecule has 0 bridgehead atoms. The van der Waals surface area contributed by atoms with Crippen LogP contribution in [0.25, 0.3) is 5.69 Å². The first-order chi connectivity index (χ1) is 7.59. The van der Waals surface area contributed by atoms with Crippen molar-refractivity contribution in [3.8, 4) is 5.69 Å². The molecule has 16 heavy (non-hydrogen) atoms. The van der Waals surface area contributed by atoms with Crippen LogP contribution in [0.5, 0.6) is 0 Å². The predicted molar refractivity (Wildman–Crippen MR) is 64.5 cm³/mol. The normalized spacial score (nSPS) is 10.4. The van der Waals surface area contributed by atoms with E-state index < -0.39 is 0 Å². The van der Waals surface area contributed by atoms with Crippen LogP contribution in [0.4, 0.5) is 0 Å². The van der Waals surface area contributed by atoms with Crippen LogP contribution in [0.3, 0.4) is 0 Å². The minimum absolute atomic E-state index is 0.315. The molecular formula is C10H11N5S. The molecule has 0 amide bonds. The summed E-state index contributed by atoms with van der Waals surface area (Å²) in [7, 11) is 0. The zero-order chi connectivity index (χ0) is 11.7. The number of aromatic nitrogens is 4. The molecule has 2 N–H and O–H groups in total. The Morgan fingerprint density at radius 2 is 2.19 bits per heavy atom. The molecule has 0 saturated heterocycles. The molecule has 0 unspecified atom stereocenters. The number of rotatable bonds is 2. The number of hydrogen-bond donors (Lipinski definition) is 1. The minimum atomic E-state index is 0.315. The van der Waals surface area contributed by atoms with Gasteiger partial charge in [-0.15, -0.1) is 0 Å². The number of pyridine rings is 1. The molecule has 82 valence electrons. The molecule has 0 atom stereocenters. The van der Waals surface area contributed by atoms with Crippen molar-refractivity contribution in [3.63, 3.8) is 0 Å². The van der Waals surface area contributed by atoms with Crippen molar-refractivity contribution in [1.82, 2.24) is 19.7 Å². The van der Waals surface area contributed by atoms with Crippen molar-refractivity contribution < 1.29 is 0 Å². The van der Waals surface area contributed by atoms with Crippen molar-refractivity contribution >= 4 is 17.2 Å². The van der Waals surface area contributed by atoms with E-state index in [0.717, 1.165) is 22.6 Å². The summed E-state index contributed by atoms with van der Waals surface area (Å²) in [5, 5.41) is 4.07. The Morgan fingerprint density at radius 3 is 2.75 bits per heavy atom. The van der Waals surface area contributed by atoms with Gasteiger partial charge in [-0.3, -0.25) is 4.98 Å². The SMILES string of the molecule is Cc1cc(-n2cncn2)c(C(N)=S)c(C)n1. The van der Waals surface area contributed by atoms with Crippen LogP contribution in [0.15, 0.2) is 18.7 Å². The minimum Gasteiger partial charge on any atom is -0.389 e. The van der Waals surface area contributed by atoms with Gasteiger partial charge in [-0.05, 0) is 19.9 Å². The fourth-order valence-corrected chi connectivity index (χ4v) is 1.88. The molecule has 2 heterocycles. The van der Waals surface area contributed by atoms with Gasteiger partial charge in [0.05, 0.1) is 11.3 Å². The first-order valence-electron chi connectivity index (χ1n) is 4.72. The first-order valence-corrected chi connectivity index (χ1v) is 5.13. The van der Waals surface area contributed by atoms with Crippen LogP contribution in [-0.4, -0.2) is 24.7 Å². The van der Waals surface area contributed by atoms with Gasteiger partial charge in [-0.2, -0.15) is 5.10 Å². The zero-order valence-corrected chi connectivity index (χ0v) is 9.82. The molecule has 0 radical (unpaired) electrons. The average molecular weight is 233 g/mol. The largest absolute Gasteiger partial charge is 0.389 e. The van der Waals surface area contributed by atoms with Gasteiger partial charge >= 0.3 is 0 Å². The Balaban J connectivity index is 2.72. The van der Waals surface area contributed by atoms with Gasteiger partial charge in [-0.25, -0.2) is 9.67 Å². The summed E-state index contributed by atoms with van der Waals surface area (Å²) >= 11 is 5.03. The fourth-order valence-electron chi connectivity index (χ4n) is 1.63. The summed E-state index contributed by atoms with van der Waals surface area (Å²) in [5.74, 6) is 0. The molecule has 2 aromatic rings. The third kappa shape index (κ3) is 1.79. The van der Waals surface area contributed by atoms with Gasteiger partial charge in [0.25, 0.3) is 0 Å². The van der Waals surface area contributed by atoms with Crippen molar-refractivity contribution in [2.45, 2.75) is 13.8 Å². The second kappa shape index (κ2) is 3.97. The second-order valence-electron chi connectivity index (χ2n) is 3.45. The first kappa shape index (κ1) is 10.7. The maximum atomic E-state index is 5.70. The van der Waals surface area contributed by atoms with Gasteiger partial charge in [0.15, 0.2) is 0 Å². The average Bonchev–Trinajstić information content (AvgIpc) is 2.67. The van der Waals surface area contributed by atoms with E-state index in [1.165, 1.54) is 6.33 Å². The monoisotopic (exact) mass is 233 g/mol. The summed E-state index contributed by atoms with van der Waals surface area (Å²) in [4.78, 5) is 8.56. The van der Waals surface area contributed by atoms with Crippen LogP contribution in [0, 0.1) is 13.8 Å². The molecule has 0 aliphatic rings. The lowest BCUT2D eigenvalue weighted by Gasteiger charge is -2.11. The Morgan fingerprint density at radius 1 is 1.44 bits per heavy atom. The Labute approximate surface area is 98.3 Å². The summed E-state index contributed by atoms with van der Waals surface area (Å²) in [6.45, 7) is 3.79. The van der Waals surface area contributed by atoms with Crippen LogP contribution in [0.1, 0.15) is 17.0 Å². The molecular weight excluding hydrogens is 222 g/mol. The molecule has 0 saturated carbocycles. The predicted octanol–water partition coefficient (Wildman–Crippen LogP) is 0.913. The lowest BCUT2D eigenvalue weighted by atomic mass is 10.1. The van der Waals surface area contributed by atoms with Crippen molar-refractivity contribution in [1.29, 1.82) is 0 Å². The highest BCUT2D eigenvalue weighted by Gasteiger charge is 2.12. The third-order valence-electron chi connectivity index (χ3n) is 2.22. The van der Waals surface area contributed by atoms with Crippen LogP contribution < -0.4 is 5.73 Å². The highest BCUT2D eigenvalue weighted by Crippen LogP contribution is 2.17. The number of hydrogen-bond acceptors (Lipinski definition) is 4. The van der Waals surface area contributed by atoms with Gasteiger partial charge in [0.2, 0.25) is 0 Å². The Kier molecular flexibility index (Phi) is 2.66. The molecule has 5 nitrogen and oxygen atoms in total. The molecule has 0 aromatic carbocycles. The molecule has 0 fully saturated rings. The highest BCUT2D eigenvalue weighted by molar-refractivity contribution is 7.80.